The van der Waals surface area contributed by atoms with Crippen molar-refractivity contribution in [1.82, 2.24) is 0 Å². The zero-order valence-electron chi connectivity index (χ0n) is 11.1. The molecule has 1 unspecified atom stereocenters. The summed E-state index contributed by atoms with van der Waals surface area (Å²) in [5.41, 5.74) is -1.17. The van der Waals surface area contributed by atoms with Crippen molar-refractivity contribution in [3.05, 3.63) is 0 Å². The van der Waals surface area contributed by atoms with Gasteiger partial charge in [-0.1, -0.05) is 0 Å². The molecule has 104 valence electrons. The van der Waals surface area contributed by atoms with E-state index in [2.05, 4.69) is 0 Å². The highest BCUT2D eigenvalue weighted by Gasteiger charge is 2.61. The third kappa shape index (κ3) is 1.88. The van der Waals surface area contributed by atoms with Gasteiger partial charge in [0.2, 0.25) is 0 Å². The second-order valence-electron chi connectivity index (χ2n) is 5.78. The second-order valence-corrected chi connectivity index (χ2v) is 5.78. The van der Waals surface area contributed by atoms with Gasteiger partial charge in [0.1, 0.15) is 23.9 Å². The van der Waals surface area contributed by atoms with Gasteiger partial charge < -0.3 is 28.8 Å². The van der Waals surface area contributed by atoms with Crippen molar-refractivity contribution in [2.24, 2.45) is 0 Å². The zero-order chi connectivity index (χ0) is 13.1. The molecule has 0 amide bonds. The minimum Gasteiger partial charge on any atom is -0.384 e. The fraction of sp³-hybridized carbons (Fsp3) is 1.00. The Bertz CT molecular complexity index is 337. The Labute approximate surface area is 106 Å². The van der Waals surface area contributed by atoms with Crippen molar-refractivity contribution < 1.29 is 28.8 Å². The van der Waals surface area contributed by atoms with Gasteiger partial charge in [-0.2, -0.15) is 0 Å². The van der Waals surface area contributed by atoms with Crippen LogP contribution in [0.2, 0.25) is 0 Å². The van der Waals surface area contributed by atoms with Gasteiger partial charge in [0.05, 0.1) is 6.61 Å². The summed E-state index contributed by atoms with van der Waals surface area (Å²) in [7, 11) is 0. The summed E-state index contributed by atoms with van der Waals surface area (Å²) >= 11 is 0. The molecule has 0 aromatic heterocycles. The van der Waals surface area contributed by atoms with Crippen LogP contribution in [0.3, 0.4) is 0 Å². The molecule has 0 bridgehead atoms. The Morgan fingerprint density at radius 2 is 1.78 bits per heavy atom. The molecular formula is C12H20O6. The van der Waals surface area contributed by atoms with E-state index in [1.165, 1.54) is 0 Å². The van der Waals surface area contributed by atoms with E-state index in [0.29, 0.717) is 6.61 Å². The van der Waals surface area contributed by atoms with Crippen molar-refractivity contribution in [1.29, 1.82) is 0 Å². The fourth-order valence-corrected chi connectivity index (χ4v) is 2.83. The van der Waals surface area contributed by atoms with Crippen LogP contribution in [0.15, 0.2) is 0 Å². The summed E-state index contributed by atoms with van der Waals surface area (Å²) in [6, 6.07) is 0. The molecule has 3 aliphatic rings. The van der Waals surface area contributed by atoms with Crippen LogP contribution in [0, 0.1) is 0 Å². The predicted molar refractivity (Wildman–Crippen MR) is 59.6 cm³/mol. The SMILES string of the molecule is CC1OC[C@H]2O[C@@H]3OC(C)(C)O[C@@H]3[C@@](C)(O)[C@@H]2O1. The van der Waals surface area contributed by atoms with Crippen LogP contribution < -0.4 is 0 Å². The third-order valence-corrected chi connectivity index (χ3v) is 3.69. The van der Waals surface area contributed by atoms with Crippen molar-refractivity contribution in [3.63, 3.8) is 0 Å². The first-order valence-electron chi connectivity index (χ1n) is 6.30. The lowest BCUT2D eigenvalue weighted by Gasteiger charge is -2.49. The van der Waals surface area contributed by atoms with Crippen LogP contribution in [0.1, 0.15) is 27.7 Å². The summed E-state index contributed by atoms with van der Waals surface area (Å²) in [5.74, 6) is -0.765. The van der Waals surface area contributed by atoms with Crippen LogP contribution in [0.25, 0.3) is 0 Å². The van der Waals surface area contributed by atoms with Crippen molar-refractivity contribution in [2.45, 2.75) is 70.0 Å². The molecule has 0 aliphatic carbocycles. The standard InChI is InChI=1S/C12H20O6/c1-6-14-5-7-8(15-6)12(4,13)9-10(16-7)18-11(2,3)17-9/h6-10,13H,5H2,1-4H3/t6?,7-,8-,9+,10-,12+/m1/s1. The number of ether oxygens (including phenoxy) is 5. The Balaban J connectivity index is 1.87. The minimum atomic E-state index is -1.17. The molecule has 3 heterocycles. The van der Waals surface area contributed by atoms with E-state index in [1.807, 2.05) is 0 Å². The molecule has 3 rings (SSSR count). The monoisotopic (exact) mass is 260 g/mol. The maximum Gasteiger partial charge on any atom is 0.190 e. The largest absolute Gasteiger partial charge is 0.384 e. The highest BCUT2D eigenvalue weighted by atomic mass is 16.8. The molecule has 3 fully saturated rings. The van der Waals surface area contributed by atoms with Crippen molar-refractivity contribution in [3.8, 4) is 0 Å². The normalized spacial score (nSPS) is 54.8. The highest BCUT2D eigenvalue weighted by molar-refractivity contribution is 5.04. The van der Waals surface area contributed by atoms with E-state index in [-0.39, 0.29) is 12.4 Å². The molecule has 3 saturated heterocycles. The van der Waals surface area contributed by atoms with Gasteiger partial charge in [0.15, 0.2) is 18.4 Å². The Morgan fingerprint density at radius 1 is 1.06 bits per heavy atom. The molecule has 6 atom stereocenters. The van der Waals surface area contributed by atoms with Gasteiger partial charge in [0.25, 0.3) is 0 Å². The Hall–Kier alpha value is -0.240. The lowest BCUT2D eigenvalue weighted by molar-refractivity contribution is -0.354. The van der Waals surface area contributed by atoms with Crippen molar-refractivity contribution in [2.75, 3.05) is 6.61 Å². The summed E-state index contributed by atoms with van der Waals surface area (Å²) in [4.78, 5) is 0. The maximum atomic E-state index is 10.7. The molecule has 6 heteroatoms. The van der Waals surface area contributed by atoms with Crippen LogP contribution in [0.4, 0.5) is 0 Å². The van der Waals surface area contributed by atoms with E-state index in [0.717, 1.165) is 0 Å². The average molecular weight is 260 g/mol. The topological polar surface area (TPSA) is 66.4 Å². The second kappa shape index (κ2) is 3.88. The van der Waals surface area contributed by atoms with Gasteiger partial charge in [-0.15, -0.1) is 0 Å². The molecule has 0 radical (unpaired) electrons. The van der Waals surface area contributed by atoms with Gasteiger partial charge in [-0.3, -0.25) is 0 Å². The first-order chi connectivity index (χ1) is 8.29. The van der Waals surface area contributed by atoms with Gasteiger partial charge in [-0.25, -0.2) is 0 Å². The Morgan fingerprint density at radius 3 is 2.50 bits per heavy atom. The number of hydrogen-bond donors (Lipinski definition) is 1. The van der Waals surface area contributed by atoms with Crippen LogP contribution in [-0.2, 0) is 23.7 Å². The highest BCUT2D eigenvalue weighted by Crippen LogP contribution is 2.43. The van der Waals surface area contributed by atoms with Crippen LogP contribution in [-0.4, -0.2) is 54.0 Å². The number of hydrogen-bond acceptors (Lipinski definition) is 6. The summed E-state index contributed by atoms with van der Waals surface area (Å²) in [5, 5.41) is 10.7. The van der Waals surface area contributed by atoms with E-state index < -0.39 is 29.9 Å². The quantitative estimate of drug-likeness (QED) is 0.679. The summed E-state index contributed by atoms with van der Waals surface area (Å²) in [6.45, 7) is 7.49. The smallest absolute Gasteiger partial charge is 0.190 e. The Kier molecular flexibility index (Phi) is 2.75. The predicted octanol–water partition coefficient (Wildman–Crippen LogP) is 0.375. The molecule has 0 aromatic rings. The first-order valence-corrected chi connectivity index (χ1v) is 6.30. The minimum absolute atomic E-state index is 0.338. The zero-order valence-corrected chi connectivity index (χ0v) is 11.1. The van der Waals surface area contributed by atoms with E-state index >= 15 is 0 Å². The summed E-state index contributed by atoms with van der Waals surface area (Å²) in [6.07, 6.45) is -2.31. The molecule has 3 aliphatic heterocycles. The molecule has 6 nitrogen and oxygen atoms in total. The molecule has 0 aromatic carbocycles. The number of fused-ring (bicyclic) bond motifs is 2. The molecule has 18 heavy (non-hydrogen) atoms. The third-order valence-electron chi connectivity index (χ3n) is 3.69. The number of aliphatic hydroxyl groups is 1. The fourth-order valence-electron chi connectivity index (χ4n) is 2.83. The number of rotatable bonds is 0. The summed E-state index contributed by atoms with van der Waals surface area (Å²) < 4.78 is 28.2. The maximum absolute atomic E-state index is 10.7. The van der Waals surface area contributed by atoms with Crippen LogP contribution in [0.5, 0.6) is 0 Å². The molecular weight excluding hydrogens is 240 g/mol. The van der Waals surface area contributed by atoms with E-state index in [1.54, 1.807) is 27.7 Å². The first kappa shape index (κ1) is 12.8. The van der Waals surface area contributed by atoms with Gasteiger partial charge in [0, 0.05) is 0 Å². The van der Waals surface area contributed by atoms with Crippen LogP contribution >= 0.6 is 0 Å². The molecule has 0 spiro atoms. The van der Waals surface area contributed by atoms with Gasteiger partial charge >= 0.3 is 0 Å². The lowest BCUT2D eigenvalue weighted by atomic mass is 9.85. The van der Waals surface area contributed by atoms with Crippen molar-refractivity contribution >= 4 is 0 Å². The van der Waals surface area contributed by atoms with E-state index in [4.69, 9.17) is 23.7 Å². The lowest BCUT2D eigenvalue weighted by Crippen LogP contribution is -2.67. The van der Waals surface area contributed by atoms with Gasteiger partial charge in [-0.05, 0) is 27.7 Å². The van der Waals surface area contributed by atoms with E-state index in [9.17, 15) is 5.11 Å². The molecule has 0 saturated carbocycles. The molecule has 1 N–H and O–H groups in total. The average Bonchev–Trinajstić information content (AvgIpc) is 2.56.